The molecule has 0 amide bonds. The summed E-state index contributed by atoms with van der Waals surface area (Å²) in [7, 11) is -0.808. The van der Waals surface area contributed by atoms with E-state index in [4.69, 9.17) is 21.1 Å². The van der Waals surface area contributed by atoms with Crippen molar-refractivity contribution in [3.8, 4) is 11.5 Å². The van der Waals surface area contributed by atoms with Gasteiger partial charge in [-0.25, -0.2) is 13.4 Å². The molecule has 0 saturated carbocycles. The number of rotatable bonds is 5. The summed E-state index contributed by atoms with van der Waals surface area (Å²) in [5.41, 5.74) is 0.319. The van der Waals surface area contributed by atoms with Crippen molar-refractivity contribution in [1.29, 1.82) is 0 Å². The third-order valence-electron chi connectivity index (χ3n) is 2.61. The fourth-order valence-electron chi connectivity index (χ4n) is 1.63. The molecular formula is C13H13ClN2O4S. The number of hydrogen-bond donors (Lipinski definition) is 1. The number of aromatic nitrogens is 1. The molecule has 0 radical (unpaired) electrons. The Labute approximate surface area is 127 Å². The van der Waals surface area contributed by atoms with Crippen LogP contribution in [0.4, 0.5) is 5.69 Å². The Morgan fingerprint density at radius 3 is 2.24 bits per heavy atom. The molecule has 0 aliphatic heterocycles. The van der Waals surface area contributed by atoms with E-state index in [-0.39, 0.29) is 10.0 Å². The van der Waals surface area contributed by atoms with Crippen molar-refractivity contribution in [3.05, 3.63) is 41.7 Å². The molecule has 21 heavy (non-hydrogen) atoms. The van der Waals surface area contributed by atoms with Gasteiger partial charge in [0.25, 0.3) is 10.0 Å². The molecule has 2 rings (SSSR count). The SMILES string of the molecule is COc1cc(NS(=O)(=O)c2ccnc(Cl)c2)cc(OC)c1. The van der Waals surface area contributed by atoms with Crippen molar-refractivity contribution in [3.63, 3.8) is 0 Å². The average Bonchev–Trinajstić information content (AvgIpc) is 2.46. The van der Waals surface area contributed by atoms with Gasteiger partial charge in [-0.2, -0.15) is 0 Å². The summed E-state index contributed by atoms with van der Waals surface area (Å²) in [6.45, 7) is 0. The van der Waals surface area contributed by atoms with E-state index in [0.29, 0.717) is 17.2 Å². The summed E-state index contributed by atoms with van der Waals surface area (Å²) >= 11 is 5.71. The smallest absolute Gasteiger partial charge is 0.262 e. The molecule has 1 aromatic heterocycles. The third-order valence-corrected chi connectivity index (χ3v) is 4.20. The van der Waals surface area contributed by atoms with Gasteiger partial charge in [-0.05, 0) is 12.1 Å². The topological polar surface area (TPSA) is 77.5 Å². The maximum absolute atomic E-state index is 12.3. The van der Waals surface area contributed by atoms with E-state index in [9.17, 15) is 8.42 Å². The van der Waals surface area contributed by atoms with Gasteiger partial charge in [-0.15, -0.1) is 0 Å². The molecule has 0 spiro atoms. The second-order valence-corrected chi connectivity index (χ2v) is 6.09. The highest BCUT2D eigenvalue weighted by atomic mass is 35.5. The van der Waals surface area contributed by atoms with Crippen LogP contribution in [0.5, 0.6) is 11.5 Å². The van der Waals surface area contributed by atoms with Crippen molar-refractivity contribution in [1.82, 2.24) is 4.98 Å². The normalized spacial score (nSPS) is 11.0. The standard InChI is InChI=1S/C13H13ClN2O4S/c1-19-10-5-9(6-11(7-10)20-2)16-21(17,18)12-3-4-15-13(14)8-12/h3-8,16H,1-2H3. The second kappa shape index (κ2) is 6.19. The summed E-state index contributed by atoms with van der Waals surface area (Å²) in [5.74, 6) is 0.944. The number of methoxy groups -OCH3 is 2. The summed E-state index contributed by atoms with van der Waals surface area (Å²) in [6.07, 6.45) is 1.32. The molecule has 6 nitrogen and oxygen atoms in total. The first-order chi connectivity index (χ1) is 9.94. The number of benzene rings is 1. The van der Waals surface area contributed by atoms with Crippen LogP contribution in [-0.2, 0) is 10.0 Å². The van der Waals surface area contributed by atoms with Gasteiger partial charge in [0.15, 0.2) is 0 Å². The fraction of sp³-hybridized carbons (Fsp3) is 0.154. The minimum atomic E-state index is -3.77. The van der Waals surface area contributed by atoms with Gasteiger partial charge >= 0.3 is 0 Å². The van der Waals surface area contributed by atoms with Gasteiger partial charge in [0.1, 0.15) is 16.7 Å². The molecule has 0 atom stereocenters. The summed E-state index contributed by atoms with van der Waals surface area (Å²) in [6, 6.07) is 7.35. The minimum Gasteiger partial charge on any atom is -0.497 e. The molecule has 2 aromatic rings. The maximum atomic E-state index is 12.3. The van der Waals surface area contributed by atoms with Crippen LogP contribution in [0.2, 0.25) is 5.15 Å². The fourth-order valence-corrected chi connectivity index (χ4v) is 2.92. The predicted octanol–water partition coefficient (Wildman–Crippen LogP) is 2.55. The zero-order valence-corrected chi connectivity index (χ0v) is 12.9. The summed E-state index contributed by atoms with van der Waals surface area (Å²) in [5, 5.41) is 0.0982. The first-order valence-electron chi connectivity index (χ1n) is 5.82. The lowest BCUT2D eigenvalue weighted by Gasteiger charge is -2.11. The lowest BCUT2D eigenvalue weighted by molar-refractivity contribution is 0.395. The van der Waals surface area contributed by atoms with Crippen molar-refractivity contribution >= 4 is 27.3 Å². The van der Waals surface area contributed by atoms with E-state index in [1.807, 2.05) is 0 Å². The molecule has 0 aliphatic carbocycles. The highest BCUT2D eigenvalue weighted by Gasteiger charge is 2.16. The predicted molar refractivity (Wildman–Crippen MR) is 79.6 cm³/mol. The maximum Gasteiger partial charge on any atom is 0.262 e. The Hall–Kier alpha value is -1.99. The van der Waals surface area contributed by atoms with Gasteiger partial charge in [0, 0.05) is 24.4 Å². The largest absolute Gasteiger partial charge is 0.497 e. The first kappa shape index (κ1) is 15.4. The molecule has 1 heterocycles. The van der Waals surface area contributed by atoms with E-state index in [1.165, 1.54) is 32.5 Å². The Morgan fingerprint density at radius 2 is 1.71 bits per heavy atom. The zero-order valence-electron chi connectivity index (χ0n) is 11.3. The number of pyridine rings is 1. The van der Waals surface area contributed by atoms with Crippen LogP contribution in [0.25, 0.3) is 0 Å². The van der Waals surface area contributed by atoms with E-state index in [1.54, 1.807) is 18.2 Å². The molecule has 0 aliphatic rings. The Kier molecular flexibility index (Phi) is 4.54. The van der Waals surface area contributed by atoms with Crippen molar-refractivity contribution in [2.24, 2.45) is 0 Å². The number of ether oxygens (including phenoxy) is 2. The van der Waals surface area contributed by atoms with Crippen LogP contribution in [0.1, 0.15) is 0 Å². The van der Waals surface area contributed by atoms with E-state index < -0.39 is 10.0 Å². The van der Waals surface area contributed by atoms with Crippen LogP contribution < -0.4 is 14.2 Å². The zero-order chi connectivity index (χ0) is 15.5. The van der Waals surface area contributed by atoms with Crippen LogP contribution in [0.3, 0.4) is 0 Å². The Bertz CT molecular complexity index is 727. The van der Waals surface area contributed by atoms with E-state index >= 15 is 0 Å². The Balaban J connectivity index is 2.36. The van der Waals surface area contributed by atoms with Crippen LogP contribution in [0.15, 0.2) is 41.4 Å². The van der Waals surface area contributed by atoms with Crippen LogP contribution >= 0.6 is 11.6 Å². The summed E-state index contributed by atoms with van der Waals surface area (Å²) < 4.78 is 37.2. The van der Waals surface area contributed by atoms with E-state index in [2.05, 4.69) is 9.71 Å². The average molecular weight is 329 g/mol. The number of halogens is 1. The second-order valence-electron chi connectivity index (χ2n) is 4.02. The number of hydrogen-bond acceptors (Lipinski definition) is 5. The number of nitrogens with zero attached hydrogens (tertiary/aromatic N) is 1. The lowest BCUT2D eigenvalue weighted by atomic mass is 10.3. The monoisotopic (exact) mass is 328 g/mol. The molecule has 0 unspecified atom stereocenters. The van der Waals surface area contributed by atoms with Crippen molar-refractivity contribution in [2.75, 3.05) is 18.9 Å². The van der Waals surface area contributed by atoms with Crippen LogP contribution in [0, 0.1) is 0 Å². The molecule has 1 aromatic carbocycles. The molecule has 0 saturated heterocycles. The number of nitrogens with one attached hydrogen (secondary N) is 1. The molecular weight excluding hydrogens is 316 g/mol. The third kappa shape index (κ3) is 3.77. The number of anilines is 1. The van der Waals surface area contributed by atoms with Gasteiger partial charge < -0.3 is 9.47 Å². The molecule has 8 heteroatoms. The molecule has 1 N–H and O–H groups in total. The van der Waals surface area contributed by atoms with Gasteiger partial charge in [0.05, 0.1) is 24.8 Å². The highest BCUT2D eigenvalue weighted by Crippen LogP contribution is 2.27. The van der Waals surface area contributed by atoms with Gasteiger partial charge in [-0.1, -0.05) is 11.6 Å². The van der Waals surface area contributed by atoms with Crippen LogP contribution in [-0.4, -0.2) is 27.6 Å². The molecule has 0 fully saturated rings. The molecule has 0 bridgehead atoms. The molecule has 112 valence electrons. The summed E-state index contributed by atoms with van der Waals surface area (Å²) in [4.78, 5) is 3.77. The Morgan fingerprint density at radius 1 is 1.10 bits per heavy atom. The van der Waals surface area contributed by atoms with Gasteiger partial charge in [0.2, 0.25) is 0 Å². The van der Waals surface area contributed by atoms with Gasteiger partial charge in [-0.3, -0.25) is 4.72 Å². The highest BCUT2D eigenvalue weighted by molar-refractivity contribution is 7.92. The minimum absolute atomic E-state index is 0.0179. The number of sulfonamides is 1. The van der Waals surface area contributed by atoms with Crippen molar-refractivity contribution < 1.29 is 17.9 Å². The van der Waals surface area contributed by atoms with Crippen molar-refractivity contribution in [2.45, 2.75) is 4.90 Å². The van der Waals surface area contributed by atoms with E-state index in [0.717, 1.165) is 0 Å². The quantitative estimate of drug-likeness (QED) is 0.853. The first-order valence-corrected chi connectivity index (χ1v) is 7.68. The lowest BCUT2D eigenvalue weighted by Crippen LogP contribution is -2.13.